The first-order valence-electron chi connectivity index (χ1n) is 25.9. The fourth-order valence-corrected chi connectivity index (χ4v) is 13.5. The van der Waals surface area contributed by atoms with Gasteiger partial charge < -0.3 is 14.4 Å². The Labute approximate surface area is 435 Å². The summed E-state index contributed by atoms with van der Waals surface area (Å²) in [5.41, 5.74) is 21.3. The number of nitrogens with zero attached hydrogens (tertiary/aromatic N) is 1. The standard InChI is InChI=1S/C72H45NO2/c1-2-18-46(19-3-1)47-34-36-48(37-35-47)53-20-6-13-29-66(53)73(52-40-41-56-54-21-4-7-23-58(54)72(65(56)45-52)62-27-11-16-32-69(62)75-70-33-17-12-28-63(70)72)51-39-38-49-44-64-57(43-50(49)42-51)55-22-5-8-24-59(55)71(64)60-25-9-14-30-67(60)74-68-31-15-10-26-61(68)71/h1-45H. The molecule has 3 nitrogen and oxygen atoms in total. The Hall–Kier alpha value is -9.70. The molecule has 350 valence electrons. The fraction of sp³-hybridized carbons (Fsp3) is 0.0278. The summed E-state index contributed by atoms with van der Waals surface area (Å²) in [7, 11) is 0. The molecule has 0 atom stereocenters. The van der Waals surface area contributed by atoms with Gasteiger partial charge in [0, 0.05) is 39.2 Å². The second-order valence-electron chi connectivity index (χ2n) is 20.2. The Morgan fingerprint density at radius 2 is 0.653 bits per heavy atom. The number of anilines is 3. The summed E-state index contributed by atoms with van der Waals surface area (Å²) < 4.78 is 13.4. The van der Waals surface area contributed by atoms with Crippen molar-refractivity contribution in [1.29, 1.82) is 0 Å². The lowest BCUT2D eigenvalue weighted by atomic mass is 9.66. The molecule has 0 saturated carbocycles. The van der Waals surface area contributed by atoms with Crippen LogP contribution in [0.3, 0.4) is 0 Å². The van der Waals surface area contributed by atoms with Crippen molar-refractivity contribution in [3.63, 3.8) is 0 Å². The smallest absolute Gasteiger partial charge is 0.132 e. The molecule has 75 heavy (non-hydrogen) atoms. The van der Waals surface area contributed by atoms with E-state index < -0.39 is 10.8 Å². The van der Waals surface area contributed by atoms with E-state index in [2.05, 4.69) is 278 Å². The second kappa shape index (κ2) is 15.9. The van der Waals surface area contributed by atoms with Crippen molar-refractivity contribution in [2.24, 2.45) is 0 Å². The van der Waals surface area contributed by atoms with Gasteiger partial charge in [-0.05, 0) is 139 Å². The molecule has 12 aromatic rings. The van der Waals surface area contributed by atoms with Crippen LogP contribution in [0.2, 0.25) is 0 Å². The third-order valence-electron chi connectivity index (χ3n) is 16.6. The number of rotatable bonds is 5. The zero-order valence-corrected chi connectivity index (χ0v) is 40.7. The number of benzene rings is 12. The van der Waals surface area contributed by atoms with E-state index in [0.717, 1.165) is 73.4 Å². The van der Waals surface area contributed by atoms with Crippen LogP contribution in [0.5, 0.6) is 23.0 Å². The molecule has 0 N–H and O–H groups in total. The lowest BCUT2D eigenvalue weighted by molar-refractivity contribution is 0.436. The van der Waals surface area contributed by atoms with Crippen LogP contribution >= 0.6 is 0 Å². The molecular formula is C72H45NO2. The van der Waals surface area contributed by atoms with Gasteiger partial charge in [0.15, 0.2) is 0 Å². The highest BCUT2D eigenvalue weighted by molar-refractivity contribution is 6.00. The maximum Gasteiger partial charge on any atom is 0.132 e. The predicted octanol–water partition coefficient (Wildman–Crippen LogP) is 18.6. The zero-order valence-electron chi connectivity index (χ0n) is 40.7. The lowest BCUT2D eigenvalue weighted by Crippen LogP contribution is -2.32. The Kier molecular flexibility index (Phi) is 8.88. The maximum absolute atomic E-state index is 6.76. The Morgan fingerprint density at radius 3 is 1.24 bits per heavy atom. The second-order valence-corrected chi connectivity index (χ2v) is 20.2. The Morgan fingerprint density at radius 1 is 0.240 bits per heavy atom. The molecule has 12 aromatic carbocycles. The minimum absolute atomic E-state index is 0.551. The van der Waals surface area contributed by atoms with Gasteiger partial charge in [-0.2, -0.15) is 0 Å². The van der Waals surface area contributed by atoms with Crippen molar-refractivity contribution in [3.8, 4) is 67.5 Å². The van der Waals surface area contributed by atoms with Gasteiger partial charge in [0.2, 0.25) is 0 Å². The number of hydrogen-bond acceptors (Lipinski definition) is 3. The van der Waals surface area contributed by atoms with Gasteiger partial charge in [0.1, 0.15) is 23.0 Å². The van der Waals surface area contributed by atoms with Crippen LogP contribution in [0.4, 0.5) is 17.1 Å². The molecule has 2 aliphatic carbocycles. The minimum Gasteiger partial charge on any atom is -0.457 e. The monoisotopic (exact) mass is 955 g/mol. The molecule has 2 heterocycles. The number of hydrogen-bond donors (Lipinski definition) is 0. The minimum atomic E-state index is -0.624. The summed E-state index contributed by atoms with van der Waals surface area (Å²) in [6.45, 7) is 0. The van der Waals surface area contributed by atoms with Crippen molar-refractivity contribution in [2.75, 3.05) is 4.90 Å². The summed E-state index contributed by atoms with van der Waals surface area (Å²) in [5.74, 6) is 3.54. The zero-order chi connectivity index (χ0) is 49.2. The van der Waals surface area contributed by atoms with Crippen LogP contribution in [-0.2, 0) is 10.8 Å². The average Bonchev–Trinajstić information content (AvgIpc) is 4.04. The van der Waals surface area contributed by atoms with Gasteiger partial charge in [0.25, 0.3) is 0 Å². The molecule has 0 amide bonds. The fourth-order valence-electron chi connectivity index (χ4n) is 13.5. The number of ether oxygens (including phenoxy) is 2. The first-order valence-corrected chi connectivity index (χ1v) is 25.9. The van der Waals surface area contributed by atoms with Gasteiger partial charge in [-0.1, -0.05) is 206 Å². The normalized spacial score (nSPS) is 14.0. The molecular weight excluding hydrogens is 911 g/mol. The largest absolute Gasteiger partial charge is 0.457 e. The van der Waals surface area contributed by atoms with Gasteiger partial charge in [-0.15, -0.1) is 0 Å². The van der Waals surface area contributed by atoms with Crippen LogP contribution in [0.1, 0.15) is 44.5 Å². The van der Waals surface area contributed by atoms with Crippen molar-refractivity contribution in [3.05, 3.63) is 317 Å². The van der Waals surface area contributed by atoms with E-state index in [-0.39, 0.29) is 0 Å². The van der Waals surface area contributed by atoms with Crippen LogP contribution < -0.4 is 14.4 Å². The van der Waals surface area contributed by atoms with E-state index in [4.69, 9.17) is 9.47 Å². The maximum atomic E-state index is 6.76. The molecule has 2 spiro atoms. The van der Waals surface area contributed by atoms with Crippen molar-refractivity contribution < 1.29 is 9.47 Å². The quantitative estimate of drug-likeness (QED) is 0.172. The number of fused-ring (bicyclic) bond motifs is 19. The topological polar surface area (TPSA) is 21.7 Å². The van der Waals surface area contributed by atoms with E-state index >= 15 is 0 Å². The van der Waals surface area contributed by atoms with Crippen LogP contribution in [0.25, 0.3) is 55.3 Å². The molecule has 2 aliphatic heterocycles. The Balaban J connectivity index is 0.936. The molecule has 0 fully saturated rings. The van der Waals surface area contributed by atoms with E-state index in [1.807, 2.05) is 0 Å². The van der Waals surface area contributed by atoms with Crippen molar-refractivity contribution in [2.45, 2.75) is 10.8 Å². The van der Waals surface area contributed by atoms with Gasteiger partial charge in [0.05, 0.1) is 16.5 Å². The highest BCUT2D eigenvalue weighted by atomic mass is 16.5. The summed E-state index contributed by atoms with van der Waals surface area (Å²) in [5, 5.41) is 2.34. The van der Waals surface area contributed by atoms with E-state index in [1.54, 1.807) is 0 Å². The van der Waals surface area contributed by atoms with Gasteiger partial charge in [-0.3, -0.25) is 0 Å². The highest BCUT2D eigenvalue weighted by Crippen LogP contribution is 2.65. The van der Waals surface area contributed by atoms with Crippen LogP contribution in [0.15, 0.2) is 273 Å². The summed E-state index contributed by atoms with van der Waals surface area (Å²) >= 11 is 0. The van der Waals surface area contributed by atoms with Crippen LogP contribution in [0, 0.1) is 0 Å². The first kappa shape index (κ1) is 41.9. The third kappa shape index (κ3) is 5.81. The number of para-hydroxylation sites is 5. The lowest BCUT2D eigenvalue weighted by Gasteiger charge is -2.39. The molecule has 3 heteroatoms. The van der Waals surface area contributed by atoms with E-state index in [9.17, 15) is 0 Å². The predicted molar refractivity (Wildman–Crippen MR) is 304 cm³/mol. The Bertz CT molecular complexity index is 4230. The van der Waals surface area contributed by atoms with E-state index in [0.29, 0.717) is 0 Å². The molecule has 4 aliphatic rings. The summed E-state index contributed by atoms with van der Waals surface area (Å²) in [6, 6.07) is 100. The van der Waals surface area contributed by atoms with Crippen molar-refractivity contribution in [1.82, 2.24) is 0 Å². The van der Waals surface area contributed by atoms with Crippen LogP contribution in [-0.4, -0.2) is 0 Å². The molecule has 0 saturated heterocycles. The third-order valence-corrected chi connectivity index (χ3v) is 16.6. The van der Waals surface area contributed by atoms with Crippen molar-refractivity contribution >= 4 is 27.8 Å². The summed E-state index contributed by atoms with van der Waals surface area (Å²) in [4.78, 5) is 2.49. The van der Waals surface area contributed by atoms with E-state index in [1.165, 1.54) is 66.4 Å². The highest BCUT2D eigenvalue weighted by Gasteiger charge is 2.53. The molecule has 0 unspecified atom stereocenters. The van der Waals surface area contributed by atoms with Gasteiger partial charge in [-0.25, -0.2) is 0 Å². The first-order chi connectivity index (χ1) is 37.2. The SMILES string of the molecule is c1ccc(-c2ccc(-c3ccccc3N(c3ccc4c(c3)C3(c5ccccc5Oc5ccccc53)c3ccccc3-4)c3ccc4cc5c(cc4c3)-c3ccccc3C53c4ccccc4Oc4ccccc43)cc2)cc1. The molecule has 16 rings (SSSR count). The summed E-state index contributed by atoms with van der Waals surface area (Å²) in [6.07, 6.45) is 0. The molecule has 0 bridgehead atoms. The molecule has 0 aromatic heterocycles. The van der Waals surface area contributed by atoms with Gasteiger partial charge >= 0.3 is 0 Å². The average molecular weight is 956 g/mol. The molecule has 0 radical (unpaired) electrons.